The lowest BCUT2D eigenvalue weighted by Gasteiger charge is -2.25. The first kappa shape index (κ1) is 22.7. The van der Waals surface area contributed by atoms with Crippen LogP contribution in [0.25, 0.3) is 0 Å². The van der Waals surface area contributed by atoms with E-state index in [9.17, 15) is 13.2 Å². The van der Waals surface area contributed by atoms with E-state index in [2.05, 4.69) is 26.5 Å². The molecule has 160 valence electrons. The highest BCUT2D eigenvalue weighted by molar-refractivity contribution is 9.10. The number of nitrogens with one attached hydrogen (secondary N) is 1. The van der Waals surface area contributed by atoms with E-state index in [0.29, 0.717) is 5.69 Å². The van der Waals surface area contributed by atoms with Gasteiger partial charge in [0.15, 0.2) is 0 Å². The number of hydrazone groups is 1. The Bertz CT molecular complexity index is 1210. The van der Waals surface area contributed by atoms with Gasteiger partial charge < -0.3 is 0 Å². The molecule has 0 aliphatic heterocycles. The van der Waals surface area contributed by atoms with Crippen LogP contribution in [0, 0.1) is 13.8 Å². The average Bonchev–Trinajstić information content (AvgIpc) is 2.76. The van der Waals surface area contributed by atoms with Crippen molar-refractivity contribution < 1.29 is 13.2 Å². The van der Waals surface area contributed by atoms with E-state index in [1.807, 2.05) is 50.2 Å². The van der Waals surface area contributed by atoms with Gasteiger partial charge in [-0.3, -0.25) is 9.10 Å². The summed E-state index contributed by atoms with van der Waals surface area (Å²) in [5.74, 6) is -0.552. The van der Waals surface area contributed by atoms with Crippen molar-refractivity contribution in [2.75, 3.05) is 10.8 Å². The number of anilines is 1. The topological polar surface area (TPSA) is 78.8 Å². The SMILES string of the molecule is Cc1ccc(C)c(N(CC(=O)N/N=C\c2ccccc2Br)S(=O)(=O)c2ccccc2)c1. The van der Waals surface area contributed by atoms with Crippen molar-refractivity contribution in [1.82, 2.24) is 5.43 Å². The third-order valence-corrected chi connectivity index (χ3v) is 7.05. The molecule has 0 aliphatic carbocycles. The Morgan fingerprint density at radius 2 is 1.71 bits per heavy atom. The first-order valence-electron chi connectivity index (χ1n) is 9.50. The summed E-state index contributed by atoms with van der Waals surface area (Å²) in [6.07, 6.45) is 1.50. The molecule has 8 heteroatoms. The van der Waals surface area contributed by atoms with E-state index in [0.717, 1.165) is 25.5 Å². The average molecular weight is 500 g/mol. The summed E-state index contributed by atoms with van der Waals surface area (Å²) in [4.78, 5) is 12.7. The molecule has 0 atom stereocenters. The number of hydrogen-bond donors (Lipinski definition) is 1. The van der Waals surface area contributed by atoms with E-state index >= 15 is 0 Å². The van der Waals surface area contributed by atoms with Gasteiger partial charge in [-0.15, -0.1) is 0 Å². The number of nitrogens with zero attached hydrogens (tertiary/aromatic N) is 2. The molecule has 0 saturated heterocycles. The maximum Gasteiger partial charge on any atom is 0.264 e. The number of sulfonamides is 1. The number of hydrogen-bond acceptors (Lipinski definition) is 4. The van der Waals surface area contributed by atoms with Crippen molar-refractivity contribution in [1.29, 1.82) is 0 Å². The Hall–Kier alpha value is -2.97. The molecular weight excluding hydrogens is 478 g/mol. The summed E-state index contributed by atoms with van der Waals surface area (Å²) in [6, 6.07) is 21.0. The van der Waals surface area contributed by atoms with Crippen molar-refractivity contribution in [2.45, 2.75) is 18.7 Å². The van der Waals surface area contributed by atoms with Gasteiger partial charge in [-0.2, -0.15) is 5.10 Å². The van der Waals surface area contributed by atoms with Crippen LogP contribution in [0.1, 0.15) is 16.7 Å². The molecule has 0 fully saturated rings. The molecule has 0 unspecified atom stereocenters. The second-order valence-electron chi connectivity index (χ2n) is 6.93. The molecule has 3 aromatic rings. The zero-order valence-corrected chi connectivity index (χ0v) is 19.5. The number of halogens is 1. The summed E-state index contributed by atoms with van der Waals surface area (Å²) >= 11 is 3.41. The third kappa shape index (κ3) is 5.59. The minimum Gasteiger partial charge on any atom is -0.271 e. The second-order valence-corrected chi connectivity index (χ2v) is 9.65. The standard InChI is InChI=1S/C23H22BrN3O3S/c1-17-12-13-18(2)22(14-17)27(31(29,30)20-9-4-3-5-10-20)16-23(28)26-25-15-19-8-6-7-11-21(19)24/h3-15H,16H2,1-2H3,(H,26,28)/b25-15-. The van der Waals surface area contributed by atoms with E-state index in [-0.39, 0.29) is 4.90 Å². The van der Waals surface area contributed by atoms with Gasteiger partial charge in [0.25, 0.3) is 15.9 Å². The van der Waals surface area contributed by atoms with E-state index in [1.54, 1.807) is 24.3 Å². The fourth-order valence-electron chi connectivity index (χ4n) is 2.93. The molecular formula is C23H22BrN3O3S. The normalized spacial score (nSPS) is 11.5. The van der Waals surface area contributed by atoms with Crippen molar-refractivity contribution >= 4 is 43.8 Å². The van der Waals surface area contributed by atoms with Gasteiger partial charge in [0.1, 0.15) is 6.54 Å². The highest BCUT2D eigenvalue weighted by Gasteiger charge is 2.28. The predicted molar refractivity (Wildman–Crippen MR) is 127 cm³/mol. The minimum absolute atomic E-state index is 0.112. The first-order chi connectivity index (χ1) is 14.8. The van der Waals surface area contributed by atoms with Crippen molar-refractivity contribution in [3.63, 3.8) is 0 Å². The Morgan fingerprint density at radius 1 is 1.03 bits per heavy atom. The van der Waals surface area contributed by atoms with E-state index < -0.39 is 22.5 Å². The van der Waals surface area contributed by atoms with Crippen molar-refractivity contribution in [3.8, 4) is 0 Å². The predicted octanol–water partition coefficient (Wildman–Crippen LogP) is 4.41. The molecule has 6 nitrogen and oxygen atoms in total. The molecule has 3 aromatic carbocycles. The van der Waals surface area contributed by atoms with Crippen LogP contribution in [0.3, 0.4) is 0 Å². The van der Waals surface area contributed by atoms with Gasteiger partial charge in [0.05, 0.1) is 16.8 Å². The summed E-state index contributed by atoms with van der Waals surface area (Å²) in [5, 5.41) is 3.97. The lowest BCUT2D eigenvalue weighted by Crippen LogP contribution is -2.40. The monoisotopic (exact) mass is 499 g/mol. The second kappa shape index (κ2) is 9.89. The number of amides is 1. The fraction of sp³-hybridized carbons (Fsp3) is 0.130. The van der Waals surface area contributed by atoms with E-state index in [1.165, 1.54) is 18.3 Å². The largest absolute Gasteiger partial charge is 0.271 e. The highest BCUT2D eigenvalue weighted by atomic mass is 79.9. The van der Waals surface area contributed by atoms with Crippen molar-refractivity contribution in [3.05, 3.63) is 94.0 Å². The number of carbonyl (C=O) groups is 1. The molecule has 0 bridgehead atoms. The van der Waals surface area contributed by atoms with Gasteiger partial charge in [-0.1, -0.05) is 64.5 Å². The number of carbonyl (C=O) groups excluding carboxylic acids is 1. The summed E-state index contributed by atoms with van der Waals surface area (Å²) in [7, 11) is -3.96. The Morgan fingerprint density at radius 3 is 2.42 bits per heavy atom. The summed E-state index contributed by atoms with van der Waals surface area (Å²) in [6.45, 7) is 3.28. The lowest BCUT2D eigenvalue weighted by atomic mass is 10.1. The molecule has 0 saturated carbocycles. The zero-order chi connectivity index (χ0) is 22.4. The van der Waals surface area contributed by atoms with Crippen LogP contribution in [-0.2, 0) is 14.8 Å². The maximum atomic E-state index is 13.4. The molecule has 1 N–H and O–H groups in total. The van der Waals surface area contributed by atoms with Crippen molar-refractivity contribution in [2.24, 2.45) is 5.10 Å². The molecule has 0 aromatic heterocycles. The van der Waals surface area contributed by atoms with Crippen LogP contribution in [0.2, 0.25) is 0 Å². The Labute approximate surface area is 190 Å². The number of aryl methyl sites for hydroxylation is 2. The Balaban J connectivity index is 1.89. The smallest absolute Gasteiger partial charge is 0.264 e. The van der Waals surface area contributed by atoms with Gasteiger partial charge in [-0.25, -0.2) is 13.8 Å². The highest BCUT2D eigenvalue weighted by Crippen LogP contribution is 2.27. The number of rotatable bonds is 7. The van der Waals surface area contributed by atoms with E-state index in [4.69, 9.17) is 0 Å². The van der Waals surface area contributed by atoms with Crippen LogP contribution < -0.4 is 9.73 Å². The third-order valence-electron chi connectivity index (χ3n) is 4.55. The van der Waals surface area contributed by atoms with Gasteiger partial charge >= 0.3 is 0 Å². The van der Waals surface area contributed by atoms with Gasteiger partial charge in [0.2, 0.25) is 0 Å². The van der Waals surface area contributed by atoms with Gasteiger partial charge in [0, 0.05) is 10.0 Å². The molecule has 1 amide bonds. The molecule has 3 rings (SSSR count). The van der Waals surface area contributed by atoms with Crippen LogP contribution in [0.15, 0.2) is 87.3 Å². The summed E-state index contributed by atoms with van der Waals surface area (Å²) in [5.41, 5.74) is 5.29. The molecule has 0 aliphatic rings. The molecule has 0 spiro atoms. The van der Waals surface area contributed by atoms with Crippen LogP contribution >= 0.6 is 15.9 Å². The summed E-state index contributed by atoms with van der Waals surface area (Å²) < 4.78 is 28.7. The molecule has 0 heterocycles. The lowest BCUT2D eigenvalue weighted by molar-refractivity contribution is -0.119. The maximum absolute atomic E-state index is 13.4. The zero-order valence-electron chi connectivity index (χ0n) is 17.1. The van der Waals surface area contributed by atoms with Crippen LogP contribution in [0.5, 0.6) is 0 Å². The number of benzene rings is 3. The van der Waals surface area contributed by atoms with Gasteiger partial charge in [-0.05, 0) is 49.2 Å². The van der Waals surface area contributed by atoms with Crippen LogP contribution in [-0.4, -0.2) is 27.1 Å². The quantitative estimate of drug-likeness (QED) is 0.386. The molecule has 31 heavy (non-hydrogen) atoms. The van der Waals surface area contributed by atoms with Crippen LogP contribution in [0.4, 0.5) is 5.69 Å². The fourth-order valence-corrected chi connectivity index (χ4v) is 4.81. The first-order valence-corrected chi connectivity index (χ1v) is 11.7. The Kier molecular flexibility index (Phi) is 7.25. The minimum atomic E-state index is -3.96. The molecule has 0 radical (unpaired) electrons.